The predicted octanol–water partition coefficient (Wildman–Crippen LogP) is 0.392. The van der Waals surface area contributed by atoms with Crippen LogP contribution in [-0.2, 0) is 0 Å². The molecule has 1 N–H and O–H groups in total. The third kappa shape index (κ3) is 1.69. The van der Waals surface area contributed by atoms with Crippen molar-refractivity contribution in [3.8, 4) is 0 Å². The number of hydrogen-bond acceptors (Lipinski definition) is 4. The quantitative estimate of drug-likeness (QED) is 0.769. The van der Waals surface area contributed by atoms with Crippen LogP contribution in [0.25, 0.3) is 5.78 Å². The molecule has 0 aliphatic rings. The van der Waals surface area contributed by atoms with Gasteiger partial charge in [0, 0.05) is 16.0 Å². The lowest BCUT2D eigenvalue weighted by molar-refractivity contribution is 0.0694. The Morgan fingerprint density at radius 1 is 1.40 bits per heavy atom. The van der Waals surface area contributed by atoms with Crippen molar-refractivity contribution in [2.24, 2.45) is 0 Å². The number of carboxylic acids is 1. The van der Waals surface area contributed by atoms with E-state index in [2.05, 4.69) is 9.97 Å². The minimum Gasteiger partial charge on any atom is -0.477 e. The number of carbonyl (C=O) groups is 1. The van der Waals surface area contributed by atoms with Gasteiger partial charge in [-0.15, -0.1) is 0 Å². The SMILES string of the molecule is O=C(O)c1cnc2ncc(I)cn2c1=O. The van der Waals surface area contributed by atoms with Crippen molar-refractivity contribution >= 4 is 34.3 Å². The van der Waals surface area contributed by atoms with E-state index in [-0.39, 0.29) is 11.3 Å². The van der Waals surface area contributed by atoms with Crippen molar-refractivity contribution in [3.63, 3.8) is 0 Å². The van der Waals surface area contributed by atoms with E-state index in [9.17, 15) is 9.59 Å². The van der Waals surface area contributed by atoms with Gasteiger partial charge in [-0.05, 0) is 22.6 Å². The van der Waals surface area contributed by atoms with Crippen molar-refractivity contribution in [2.75, 3.05) is 0 Å². The van der Waals surface area contributed by atoms with Gasteiger partial charge >= 0.3 is 5.97 Å². The molecule has 0 unspecified atom stereocenters. The molecule has 0 amide bonds. The first kappa shape index (κ1) is 10.0. The first-order valence-corrected chi connectivity index (χ1v) is 4.93. The summed E-state index contributed by atoms with van der Waals surface area (Å²) in [7, 11) is 0. The molecule has 15 heavy (non-hydrogen) atoms. The van der Waals surface area contributed by atoms with Gasteiger partial charge in [0.15, 0.2) is 0 Å². The summed E-state index contributed by atoms with van der Waals surface area (Å²) in [6.07, 6.45) is 4.05. The molecule has 0 aliphatic carbocycles. The predicted molar refractivity (Wildman–Crippen MR) is 58.9 cm³/mol. The Kier molecular flexibility index (Phi) is 2.39. The monoisotopic (exact) mass is 317 g/mol. The van der Waals surface area contributed by atoms with Gasteiger partial charge in [-0.1, -0.05) is 0 Å². The Hall–Kier alpha value is -1.51. The van der Waals surface area contributed by atoms with E-state index in [0.717, 1.165) is 14.2 Å². The van der Waals surface area contributed by atoms with Crippen LogP contribution in [0.5, 0.6) is 0 Å². The van der Waals surface area contributed by atoms with Crippen molar-refractivity contribution < 1.29 is 9.90 Å². The molecule has 0 saturated heterocycles. The van der Waals surface area contributed by atoms with Gasteiger partial charge in [0.1, 0.15) is 5.56 Å². The number of fused-ring (bicyclic) bond motifs is 1. The largest absolute Gasteiger partial charge is 0.477 e. The highest BCUT2D eigenvalue weighted by atomic mass is 127. The van der Waals surface area contributed by atoms with Gasteiger partial charge in [-0.3, -0.25) is 9.20 Å². The Balaban J connectivity index is 2.89. The molecule has 0 saturated carbocycles. The van der Waals surface area contributed by atoms with Crippen LogP contribution in [0.4, 0.5) is 0 Å². The highest BCUT2D eigenvalue weighted by Gasteiger charge is 2.11. The fourth-order valence-corrected chi connectivity index (χ4v) is 1.51. The van der Waals surface area contributed by atoms with Crippen LogP contribution in [0.3, 0.4) is 0 Å². The summed E-state index contributed by atoms with van der Waals surface area (Å²) in [5.41, 5.74) is -0.991. The zero-order valence-electron chi connectivity index (χ0n) is 7.22. The van der Waals surface area contributed by atoms with E-state index in [4.69, 9.17) is 5.11 Å². The molecule has 0 bridgehead atoms. The zero-order chi connectivity index (χ0) is 11.0. The summed E-state index contributed by atoms with van der Waals surface area (Å²) in [6, 6.07) is 0. The molecule has 0 fully saturated rings. The molecule has 0 aromatic carbocycles. The number of aromatic carboxylic acids is 1. The Morgan fingerprint density at radius 3 is 2.73 bits per heavy atom. The third-order valence-corrected chi connectivity index (χ3v) is 2.32. The molecular formula is C8H4IN3O3. The molecule has 2 aromatic rings. The van der Waals surface area contributed by atoms with Crippen LogP contribution >= 0.6 is 22.6 Å². The maximum Gasteiger partial charge on any atom is 0.342 e. The summed E-state index contributed by atoms with van der Waals surface area (Å²) in [5, 5.41) is 8.72. The van der Waals surface area contributed by atoms with E-state index in [1.807, 2.05) is 22.6 Å². The molecule has 2 heterocycles. The normalized spacial score (nSPS) is 10.5. The summed E-state index contributed by atoms with van der Waals surface area (Å²) in [5.74, 6) is -1.11. The fraction of sp³-hybridized carbons (Fsp3) is 0. The lowest BCUT2D eigenvalue weighted by Crippen LogP contribution is -2.23. The van der Waals surface area contributed by atoms with Gasteiger partial charge in [0.05, 0.1) is 6.20 Å². The lowest BCUT2D eigenvalue weighted by Gasteiger charge is -2.00. The van der Waals surface area contributed by atoms with E-state index in [0.29, 0.717) is 0 Å². The average molecular weight is 317 g/mol. The van der Waals surface area contributed by atoms with Crippen molar-refractivity contribution in [3.05, 3.63) is 38.1 Å². The minimum atomic E-state index is -1.29. The molecule has 76 valence electrons. The summed E-state index contributed by atoms with van der Waals surface area (Å²) in [4.78, 5) is 30.0. The Labute approximate surface area is 96.7 Å². The number of rotatable bonds is 1. The molecule has 6 nitrogen and oxygen atoms in total. The summed E-state index contributed by atoms with van der Waals surface area (Å²) < 4.78 is 1.84. The third-order valence-electron chi connectivity index (χ3n) is 1.76. The minimum absolute atomic E-state index is 0.186. The molecule has 0 spiro atoms. The van der Waals surface area contributed by atoms with Gasteiger partial charge in [0.25, 0.3) is 5.56 Å². The maximum absolute atomic E-state index is 11.6. The molecule has 0 atom stereocenters. The second-order valence-electron chi connectivity index (χ2n) is 2.72. The van der Waals surface area contributed by atoms with Crippen LogP contribution < -0.4 is 5.56 Å². The zero-order valence-corrected chi connectivity index (χ0v) is 9.37. The molecule has 0 radical (unpaired) electrons. The fourth-order valence-electron chi connectivity index (χ4n) is 1.09. The number of nitrogens with zero attached hydrogens (tertiary/aromatic N) is 3. The van der Waals surface area contributed by atoms with Crippen LogP contribution in [0.15, 0.2) is 23.4 Å². The van der Waals surface area contributed by atoms with Crippen molar-refractivity contribution in [1.29, 1.82) is 0 Å². The standard InChI is InChI=1S/C8H4IN3O3/c9-4-1-10-8-11-2-5(7(14)15)6(13)12(8)3-4/h1-3H,(H,14,15). The van der Waals surface area contributed by atoms with Crippen LogP contribution in [0.1, 0.15) is 10.4 Å². The van der Waals surface area contributed by atoms with E-state index in [1.165, 1.54) is 6.20 Å². The van der Waals surface area contributed by atoms with Gasteiger partial charge in [0.2, 0.25) is 5.78 Å². The smallest absolute Gasteiger partial charge is 0.342 e. The summed E-state index contributed by atoms with van der Waals surface area (Å²) in [6.45, 7) is 0. The maximum atomic E-state index is 11.6. The molecular weight excluding hydrogens is 313 g/mol. The molecule has 0 aliphatic heterocycles. The van der Waals surface area contributed by atoms with Gasteiger partial charge in [-0.2, -0.15) is 0 Å². The lowest BCUT2D eigenvalue weighted by atomic mass is 10.3. The highest BCUT2D eigenvalue weighted by Crippen LogP contribution is 2.02. The van der Waals surface area contributed by atoms with Crippen molar-refractivity contribution in [2.45, 2.75) is 0 Å². The van der Waals surface area contributed by atoms with Crippen LogP contribution in [0, 0.1) is 3.57 Å². The van der Waals surface area contributed by atoms with Crippen LogP contribution in [0.2, 0.25) is 0 Å². The Morgan fingerprint density at radius 2 is 2.07 bits per heavy atom. The summed E-state index contributed by atoms with van der Waals surface area (Å²) >= 11 is 1.98. The van der Waals surface area contributed by atoms with Gasteiger partial charge in [-0.25, -0.2) is 14.8 Å². The van der Waals surface area contributed by atoms with Crippen molar-refractivity contribution in [1.82, 2.24) is 14.4 Å². The number of carboxylic acid groups (broad SMARTS) is 1. The first-order valence-electron chi connectivity index (χ1n) is 3.86. The van der Waals surface area contributed by atoms with Gasteiger partial charge < -0.3 is 5.11 Å². The van der Waals surface area contributed by atoms with E-state index < -0.39 is 11.5 Å². The molecule has 2 aromatic heterocycles. The first-order chi connectivity index (χ1) is 7.09. The van der Waals surface area contributed by atoms with E-state index >= 15 is 0 Å². The van der Waals surface area contributed by atoms with E-state index in [1.54, 1.807) is 6.20 Å². The number of aromatic nitrogens is 3. The number of halogens is 1. The van der Waals surface area contributed by atoms with Crippen LogP contribution in [-0.4, -0.2) is 25.4 Å². The second-order valence-corrected chi connectivity index (χ2v) is 3.97. The molecule has 7 heteroatoms. The molecule has 2 rings (SSSR count). The average Bonchev–Trinajstić information content (AvgIpc) is 2.19. The number of hydrogen-bond donors (Lipinski definition) is 1. The topological polar surface area (TPSA) is 84.6 Å². The Bertz CT molecular complexity index is 608. The highest BCUT2D eigenvalue weighted by molar-refractivity contribution is 14.1. The second kappa shape index (κ2) is 3.57.